The molecule has 0 fully saturated rings. The number of nitrogens with two attached hydrogens (primary N) is 1. The van der Waals surface area contributed by atoms with Gasteiger partial charge in [-0.3, -0.25) is 4.79 Å². The molecule has 0 aliphatic carbocycles. The number of allylic oxidation sites excluding steroid dienone is 2. The molecule has 0 aliphatic heterocycles. The average Bonchev–Trinajstić information content (AvgIpc) is 2.25. The van der Waals surface area contributed by atoms with E-state index in [9.17, 15) is 4.79 Å². The van der Waals surface area contributed by atoms with Crippen LogP contribution in [0.3, 0.4) is 0 Å². The predicted molar refractivity (Wildman–Crippen MR) is 68.0 cm³/mol. The van der Waals surface area contributed by atoms with E-state index < -0.39 is 5.41 Å². The highest BCUT2D eigenvalue weighted by Crippen LogP contribution is 2.26. The van der Waals surface area contributed by atoms with Crippen LogP contribution >= 0.6 is 0 Å². The highest BCUT2D eigenvalue weighted by atomic mass is 16.2. The largest absolute Gasteiger partial charge is 0.384 e. The molecule has 0 heterocycles. The van der Waals surface area contributed by atoms with Crippen molar-refractivity contribution in [3.8, 4) is 0 Å². The Kier molecular flexibility index (Phi) is 5.50. The zero-order valence-electron chi connectivity index (χ0n) is 10.5. The van der Waals surface area contributed by atoms with E-state index in [0.29, 0.717) is 12.4 Å². The van der Waals surface area contributed by atoms with Crippen LogP contribution in [-0.2, 0) is 4.79 Å². The standard InChI is InChI=1S/C12H21N3O/c1-6-15-11(16)12(3,4)9(2)7-8-10(13)14-5/h7-8H,5-6,13H2,1-4H3,(H,15,16)/b9-7+,10-8-. The van der Waals surface area contributed by atoms with Crippen molar-refractivity contribution in [2.75, 3.05) is 6.54 Å². The Balaban J connectivity index is 4.88. The van der Waals surface area contributed by atoms with Gasteiger partial charge in [0.2, 0.25) is 5.91 Å². The molecule has 0 bridgehead atoms. The van der Waals surface area contributed by atoms with E-state index in [1.165, 1.54) is 0 Å². The van der Waals surface area contributed by atoms with Crippen LogP contribution in [0.1, 0.15) is 27.7 Å². The van der Waals surface area contributed by atoms with Crippen LogP contribution in [0.2, 0.25) is 0 Å². The molecule has 0 radical (unpaired) electrons. The highest BCUT2D eigenvalue weighted by molar-refractivity contribution is 5.84. The third-order valence-corrected chi connectivity index (χ3v) is 2.58. The first kappa shape index (κ1) is 14.4. The van der Waals surface area contributed by atoms with Gasteiger partial charge < -0.3 is 11.1 Å². The second kappa shape index (κ2) is 6.10. The molecule has 0 saturated carbocycles. The minimum atomic E-state index is -0.548. The Morgan fingerprint density at radius 3 is 2.50 bits per heavy atom. The summed E-state index contributed by atoms with van der Waals surface area (Å²) in [6.45, 7) is 11.5. The summed E-state index contributed by atoms with van der Waals surface area (Å²) >= 11 is 0. The van der Waals surface area contributed by atoms with Crippen LogP contribution in [0.15, 0.2) is 28.5 Å². The molecule has 0 spiro atoms. The van der Waals surface area contributed by atoms with Crippen molar-refractivity contribution in [1.82, 2.24) is 5.32 Å². The first-order chi connectivity index (χ1) is 7.36. The third kappa shape index (κ3) is 3.88. The Bertz CT molecular complexity index is 327. The molecule has 0 atom stereocenters. The van der Waals surface area contributed by atoms with Gasteiger partial charge in [0.05, 0.1) is 5.41 Å². The van der Waals surface area contributed by atoms with Gasteiger partial charge in [-0.05, 0) is 40.5 Å². The van der Waals surface area contributed by atoms with Crippen molar-refractivity contribution < 1.29 is 4.79 Å². The summed E-state index contributed by atoms with van der Waals surface area (Å²) in [4.78, 5) is 15.3. The van der Waals surface area contributed by atoms with Crippen molar-refractivity contribution in [3.63, 3.8) is 0 Å². The Hall–Kier alpha value is -1.58. The number of hydrogen-bond donors (Lipinski definition) is 2. The molecular weight excluding hydrogens is 202 g/mol. The number of hydrogen-bond acceptors (Lipinski definition) is 3. The molecule has 4 heteroatoms. The lowest BCUT2D eigenvalue weighted by molar-refractivity contribution is -0.127. The van der Waals surface area contributed by atoms with E-state index in [0.717, 1.165) is 5.57 Å². The van der Waals surface area contributed by atoms with Crippen LogP contribution in [0, 0.1) is 5.41 Å². The maximum atomic E-state index is 11.8. The summed E-state index contributed by atoms with van der Waals surface area (Å²) in [6, 6.07) is 0. The number of rotatable bonds is 5. The Morgan fingerprint density at radius 2 is 2.06 bits per heavy atom. The van der Waals surface area contributed by atoms with Crippen molar-refractivity contribution in [3.05, 3.63) is 23.5 Å². The third-order valence-electron chi connectivity index (χ3n) is 2.58. The van der Waals surface area contributed by atoms with Gasteiger partial charge >= 0.3 is 0 Å². The fourth-order valence-electron chi connectivity index (χ4n) is 1.03. The van der Waals surface area contributed by atoms with E-state index in [1.54, 1.807) is 12.2 Å². The predicted octanol–water partition coefficient (Wildman–Crippen LogP) is 1.60. The van der Waals surface area contributed by atoms with E-state index >= 15 is 0 Å². The Morgan fingerprint density at radius 1 is 1.50 bits per heavy atom. The second-order valence-corrected chi connectivity index (χ2v) is 4.08. The van der Waals surface area contributed by atoms with Crippen molar-refractivity contribution in [2.45, 2.75) is 27.7 Å². The summed E-state index contributed by atoms with van der Waals surface area (Å²) in [7, 11) is 0. The lowest BCUT2D eigenvalue weighted by atomic mass is 9.84. The summed E-state index contributed by atoms with van der Waals surface area (Å²) in [6.07, 6.45) is 3.43. The van der Waals surface area contributed by atoms with Crippen LogP contribution in [0.25, 0.3) is 0 Å². The normalized spacial score (nSPS) is 13.5. The molecule has 0 aromatic rings. The molecule has 0 aromatic carbocycles. The quantitative estimate of drug-likeness (QED) is 0.549. The maximum absolute atomic E-state index is 11.8. The fraction of sp³-hybridized carbons (Fsp3) is 0.500. The van der Waals surface area contributed by atoms with Crippen LogP contribution in [-0.4, -0.2) is 19.2 Å². The molecule has 1 amide bonds. The highest BCUT2D eigenvalue weighted by Gasteiger charge is 2.28. The molecule has 0 aromatic heterocycles. The fourth-order valence-corrected chi connectivity index (χ4v) is 1.03. The van der Waals surface area contributed by atoms with Crippen molar-refractivity contribution >= 4 is 12.6 Å². The number of nitrogens with one attached hydrogen (secondary N) is 1. The number of carbonyl (C=O) groups excluding carboxylic acids is 1. The van der Waals surface area contributed by atoms with E-state index in [4.69, 9.17) is 5.73 Å². The molecule has 90 valence electrons. The number of carbonyl (C=O) groups is 1. The summed E-state index contributed by atoms with van der Waals surface area (Å²) in [5.41, 5.74) is 5.86. The van der Waals surface area contributed by atoms with Gasteiger partial charge in [0, 0.05) is 6.54 Å². The number of aliphatic imine (C=N–C) groups is 1. The van der Waals surface area contributed by atoms with Gasteiger partial charge in [0.15, 0.2) is 0 Å². The SMILES string of the molecule is C=N/C(N)=C\C=C(/C)C(C)(C)C(=O)NCC. The topological polar surface area (TPSA) is 67.5 Å². The van der Waals surface area contributed by atoms with Gasteiger partial charge in [0.1, 0.15) is 5.82 Å². The molecule has 3 N–H and O–H groups in total. The number of nitrogens with zero attached hydrogens (tertiary/aromatic N) is 1. The molecule has 0 unspecified atom stereocenters. The minimum Gasteiger partial charge on any atom is -0.384 e. The van der Waals surface area contributed by atoms with E-state index in [2.05, 4.69) is 17.0 Å². The maximum Gasteiger partial charge on any atom is 0.229 e. The van der Waals surface area contributed by atoms with E-state index in [-0.39, 0.29) is 5.91 Å². The molecule has 0 saturated heterocycles. The van der Waals surface area contributed by atoms with Gasteiger partial charge in [-0.2, -0.15) is 0 Å². The monoisotopic (exact) mass is 223 g/mol. The van der Waals surface area contributed by atoms with Crippen molar-refractivity contribution in [1.29, 1.82) is 0 Å². The minimum absolute atomic E-state index is 0.00211. The number of amides is 1. The molecule has 4 nitrogen and oxygen atoms in total. The Labute approximate surface area is 97.3 Å². The molecule has 0 aliphatic rings. The van der Waals surface area contributed by atoms with Crippen LogP contribution < -0.4 is 11.1 Å². The average molecular weight is 223 g/mol. The van der Waals surface area contributed by atoms with Gasteiger partial charge in [-0.25, -0.2) is 4.99 Å². The zero-order chi connectivity index (χ0) is 12.8. The van der Waals surface area contributed by atoms with Gasteiger partial charge in [-0.1, -0.05) is 11.6 Å². The first-order valence-corrected chi connectivity index (χ1v) is 5.25. The lowest BCUT2D eigenvalue weighted by Gasteiger charge is -2.24. The van der Waals surface area contributed by atoms with Crippen LogP contribution in [0.5, 0.6) is 0 Å². The lowest BCUT2D eigenvalue weighted by Crippen LogP contribution is -2.37. The van der Waals surface area contributed by atoms with Gasteiger partial charge in [0.25, 0.3) is 0 Å². The first-order valence-electron chi connectivity index (χ1n) is 5.25. The van der Waals surface area contributed by atoms with Crippen molar-refractivity contribution in [2.24, 2.45) is 16.1 Å². The van der Waals surface area contributed by atoms with E-state index in [1.807, 2.05) is 27.7 Å². The summed E-state index contributed by atoms with van der Waals surface area (Å²) < 4.78 is 0. The smallest absolute Gasteiger partial charge is 0.229 e. The molecule has 16 heavy (non-hydrogen) atoms. The molecule has 0 rings (SSSR count). The molecular formula is C12H21N3O. The second-order valence-electron chi connectivity index (χ2n) is 4.08. The summed E-state index contributed by atoms with van der Waals surface area (Å²) in [5.74, 6) is 0.341. The summed E-state index contributed by atoms with van der Waals surface area (Å²) in [5, 5.41) is 2.80. The zero-order valence-corrected chi connectivity index (χ0v) is 10.5. The van der Waals surface area contributed by atoms with Crippen LogP contribution in [0.4, 0.5) is 0 Å². The van der Waals surface area contributed by atoms with Gasteiger partial charge in [-0.15, -0.1) is 0 Å².